The Morgan fingerprint density at radius 3 is 1.35 bits per heavy atom. The fourth-order valence-electron chi connectivity index (χ4n) is 3.34. The van der Waals surface area contributed by atoms with E-state index in [0.29, 0.717) is 0 Å². The van der Waals surface area contributed by atoms with E-state index < -0.39 is 30.2 Å². The molecule has 7 atom stereocenters. The summed E-state index contributed by atoms with van der Waals surface area (Å²) >= 11 is 44.7. The highest BCUT2D eigenvalue weighted by Crippen LogP contribution is 2.74. The first kappa shape index (κ1) is 13.7. The summed E-state index contributed by atoms with van der Waals surface area (Å²) in [6, 6.07) is 0. The molecular weight excluding hydrogens is 368 g/mol. The molecule has 1 unspecified atom stereocenters. The molecule has 0 nitrogen and oxygen atoms in total. The molecule has 3 aliphatic carbocycles. The lowest BCUT2D eigenvalue weighted by molar-refractivity contribution is 0.395. The zero-order valence-corrected chi connectivity index (χ0v) is 13.5. The van der Waals surface area contributed by atoms with Crippen molar-refractivity contribution in [2.75, 3.05) is 0 Å². The first-order chi connectivity index (χ1) is 7.68. The van der Waals surface area contributed by atoms with Gasteiger partial charge in [-0.05, 0) is 0 Å². The van der Waals surface area contributed by atoms with Crippen LogP contribution in [-0.2, 0) is 0 Å². The van der Waals surface area contributed by atoms with Gasteiger partial charge in [-0.3, -0.25) is 0 Å². The third kappa shape index (κ3) is 1.28. The van der Waals surface area contributed by atoms with Crippen LogP contribution in [0.4, 0.5) is 0 Å². The van der Waals surface area contributed by atoms with Crippen molar-refractivity contribution in [1.29, 1.82) is 0 Å². The van der Waals surface area contributed by atoms with E-state index in [0.717, 1.165) is 0 Å². The van der Waals surface area contributed by atoms with Crippen molar-refractivity contribution < 1.29 is 0 Å². The number of rotatable bonds is 0. The van der Waals surface area contributed by atoms with Crippen LogP contribution in [0.3, 0.4) is 0 Å². The van der Waals surface area contributed by atoms with Crippen molar-refractivity contribution in [1.82, 2.24) is 0 Å². The SMILES string of the molecule is ClC1[C@@H](Cl)[C@H]2[C@@H]([C@H]1Cl)[C@@]1(Cl)C=C[C@]2(Cl)C1(Cl)Cl. The second-order valence-corrected chi connectivity index (χ2v) is 8.92. The number of alkyl halides is 7. The normalized spacial score (nSPS) is 63.1. The summed E-state index contributed by atoms with van der Waals surface area (Å²) in [5.74, 6) is -0.457. The summed E-state index contributed by atoms with van der Waals surface area (Å²) in [4.78, 5) is -2.02. The topological polar surface area (TPSA) is 0 Å². The maximum Gasteiger partial charge on any atom is 0.163 e. The second kappa shape index (κ2) is 3.70. The van der Waals surface area contributed by atoms with Crippen LogP contribution in [0.15, 0.2) is 12.2 Å². The first-order valence-corrected chi connectivity index (χ1v) is 7.89. The predicted octanol–water partition coefficient (Wildman–Crippen LogP) is 4.77. The van der Waals surface area contributed by atoms with E-state index in [9.17, 15) is 0 Å². The Labute approximate surface area is 134 Å². The largest absolute Gasteiger partial charge is 0.163 e. The van der Waals surface area contributed by atoms with E-state index in [1.54, 1.807) is 12.2 Å². The Kier molecular flexibility index (Phi) is 2.99. The molecule has 0 aromatic rings. The van der Waals surface area contributed by atoms with Crippen LogP contribution in [0.25, 0.3) is 0 Å². The molecule has 2 fully saturated rings. The lowest BCUT2D eigenvalue weighted by atomic mass is 9.85. The van der Waals surface area contributed by atoms with Gasteiger partial charge < -0.3 is 0 Å². The summed E-state index contributed by atoms with van der Waals surface area (Å²) in [7, 11) is 0. The highest BCUT2D eigenvalue weighted by Gasteiger charge is 2.81. The maximum atomic E-state index is 6.57. The maximum absolute atomic E-state index is 6.57. The summed E-state index contributed by atoms with van der Waals surface area (Å²) < 4.78 is -1.32. The van der Waals surface area contributed by atoms with Crippen molar-refractivity contribution in [2.45, 2.75) is 30.2 Å². The summed E-state index contributed by atoms with van der Waals surface area (Å²) in [5, 5.41) is -1.19. The Morgan fingerprint density at radius 1 is 0.647 bits per heavy atom. The molecule has 3 rings (SSSR count). The van der Waals surface area contributed by atoms with Crippen LogP contribution in [0.1, 0.15) is 0 Å². The summed E-state index contributed by atoms with van der Waals surface area (Å²) in [5.41, 5.74) is 0. The van der Waals surface area contributed by atoms with Gasteiger partial charge in [0.25, 0.3) is 0 Å². The standard InChI is InChI=1S/C10H7Cl7/c11-5-3-4(6(12)7(5)13)9(15)2-1-8(3,14)10(9,16)17/h1-7H/t3-,4+,5+,6-,7?,8-,9+. The Bertz CT molecular complexity index is 373. The van der Waals surface area contributed by atoms with Crippen LogP contribution in [0, 0.1) is 11.8 Å². The fourth-order valence-corrected chi connectivity index (χ4v) is 6.67. The monoisotopic (exact) mass is 372 g/mol. The van der Waals surface area contributed by atoms with Gasteiger partial charge in [-0.25, -0.2) is 0 Å². The van der Waals surface area contributed by atoms with Gasteiger partial charge >= 0.3 is 0 Å². The first-order valence-electron chi connectivity index (χ1n) is 5.07. The van der Waals surface area contributed by atoms with Gasteiger partial charge in [-0.2, -0.15) is 0 Å². The number of hydrogen-bond acceptors (Lipinski definition) is 0. The molecule has 3 aliphatic rings. The van der Waals surface area contributed by atoms with E-state index >= 15 is 0 Å². The quantitative estimate of drug-likeness (QED) is 0.423. The third-order valence-electron chi connectivity index (χ3n) is 4.18. The molecule has 0 radical (unpaired) electrons. The van der Waals surface area contributed by atoms with Crippen molar-refractivity contribution in [2.24, 2.45) is 11.8 Å². The third-order valence-corrected chi connectivity index (χ3v) is 9.03. The fraction of sp³-hybridized carbons (Fsp3) is 0.800. The number of hydrogen-bond donors (Lipinski definition) is 0. The van der Waals surface area contributed by atoms with Crippen LogP contribution >= 0.6 is 81.2 Å². The van der Waals surface area contributed by atoms with Gasteiger partial charge in [-0.1, -0.05) is 35.4 Å². The molecule has 0 aromatic carbocycles. The molecular formula is C10H7Cl7. The minimum Gasteiger partial charge on any atom is -0.121 e. The predicted molar refractivity (Wildman–Crippen MR) is 76.6 cm³/mol. The lowest BCUT2D eigenvalue weighted by Crippen LogP contribution is -2.47. The zero-order valence-electron chi connectivity index (χ0n) is 8.19. The number of fused-ring (bicyclic) bond motifs is 5. The average molecular weight is 375 g/mol. The average Bonchev–Trinajstić information content (AvgIpc) is 2.64. The van der Waals surface area contributed by atoms with Crippen LogP contribution < -0.4 is 0 Å². The molecule has 0 aliphatic heterocycles. The van der Waals surface area contributed by atoms with E-state index in [1.807, 2.05) is 0 Å². The van der Waals surface area contributed by atoms with Crippen LogP contribution in [0.2, 0.25) is 0 Å². The van der Waals surface area contributed by atoms with E-state index in [-0.39, 0.29) is 11.8 Å². The van der Waals surface area contributed by atoms with Crippen molar-refractivity contribution in [3.63, 3.8) is 0 Å². The summed E-state index contributed by atoms with van der Waals surface area (Å²) in [6.07, 6.45) is 3.47. The molecule has 2 bridgehead atoms. The second-order valence-electron chi connectivity index (χ2n) is 4.83. The number of halogens is 7. The molecule has 17 heavy (non-hydrogen) atoms. The molecule has 0 spiro atoms. The van der Waals surface area contributed by atoms with Crippen LogP contribution in [0.5, 0.6) is 0 Å². The van der Waals surface area contributed by atoms with Gasteiger partial charge in [0, 0.05) is 11.8 Å². The van der Waals surface area contributed by atoms with Gasteiger partial charge in [0.15, 0.2) is 4.33 Å². The molecule has 0 aromatic heterocycles. The van der Waals surface area contributed by atoms with E-state index in [4.69, 9.17) is 81.2 Å². The Hall–Kier alpha value is 1.77. The lowest BCUT2D eigenvalue weighted by Gasteiger charge is -2.35. The molecule has 0 saturated heterocycles. The molecule has 96 valence electrons. The van der Waals surface area contributed by atoms with Gasteiger partial charge in [-0.15, -0.1) is 58.0 Å². The van der Waals surface area contributed by atoms with Crippen LogP contribution in [-0.4, -0.2) is 30.2 Å². The Morgan fingerprint density at radius 2 is 1.00 bits per heavy atom. The molecule has 0 amide bonds. The van der Waals surface area contributed by atoms with Gasteiger partial charge in [0.2, 0.25) is 0 Å². The van der Waals surface area contributed by atoms with E-state index in [2.05, 4.69) is 0 Å². The van der Waals surface area contributed by atoms with Crippen molar-refractivity contribution >= 4 is 81.2 Å². The highest BCUT2D eigenvalue weighted by molar-refractivity contribution is 6.60. The highest BCUT2D eigenvalue weighted by atomic mass is 35.5. The zero-order chi connectivity index (χ0) is 12.8. The van der Waals surface area contributed by atoms with Crippen molar-refractivity contribution in [3.8, 4) is 0 Å². The molecule has 0 N–H and O–H groups in total. The summed E-state index contributed by atoms with van der Waals surface area (Å²) in [6.45, 7) is 0. The Balaban J connectivity index is 2.19. The van der Waals surface area contributed by atoms with Gasteiger partial charge in [0.1, 0.15) is 9.75 Å². The minimum absolute atomic E-state index is 0.228. The molecule has 0 heterocycles. The van der Waals surface area contributed by atoms with Crippen molar-refractivity contribution in [3.05, 3.63) is 12.2 Å². The molecule has 2 saturated carbocycles. The number of allylic oxidation sites excluding steroid dienone is 2. The smallest absolute Gasteiger partial charge is 0.121 e. The minimum atomic E-state index is -1.32. The van der Waals surface area contributed by atoms with Gasteiger partial charge in [0.05, 0.1) is 16.1 Å². The van der Waals surface area contributed by atoms with E-state index in [1.165, 1.54) is 0 Å². The molecule has 7 heteroatoms.